The molecule has 152 valence electrons. The van der Waals surface area contributed by atoms with Gasteiger partial charge in [-0.05, 0) is 51.9 Å². The van der Waals surface area contributed by atoms with E-state index in [0.717, 1.165) is 51.6 Å². The van der Waals surface area contributed by atoms with Crippen molar-refractivity contribution in [1.82, 2.24) is 14.7 Å². The molecule has 0 aromatic rings. The molecule has 27 heavy (non-hydrogen) atoms. The van der Waals surface area contributed by atoms with Crippen LogP contribution in [0.5, 0.6) is 0 Å². The summed E-state index contributed by atoms with van der Waals surface area (Å²) >= 11 is 0. The van der Waals surface area contributed by atoms with Gasteiger partial charge in [-0.15, -0.1) is 0 Å². The van der Waals surface area contributed by atoms with E-state index < -0.39 is 0 Å². The normalized spacial score (nSPS) is 26.6. The lowest BCUT2D eigenvalue weighted by atomic mass is 9.80. The van der Waals surface area contributed by atoms with Gasteiger partial charge in [0, 0.05) is 51.1 Å². The molecule has 0 bridgehead atoms. The number of carbonyl (C=O) groups is 3. The number of carbonyl (C=O) groups excluding carboxylic acids is 3. The van der Waals surface area contributed by atoms with Crippen LogP contribution in [0.2, 0.25) is 0 Å². The Bertz CT molecular complexity index is 531. The van der Waals surface area contributed by atoms with Crippen LogP contribution in [0.4, 0.5) is 4.79 Å². The second-order valence-electron chi connectivity index (χ2n) is 7.95. The molecule has 0 radical (unpaired) electrons. The molecule has 3 fully saturated rings. The minimum atomic E-state index is -0.290. The van der Waals surface area contributed by atoms with Gasteiger partial charge in [-0.2, -0.15) is 0 Å². The minimum Gasteiger partial charge on any atom is -0.450 e. The molecule has 0 aromatic carbocycles. The number of piperazine rings is 1. The van der Waals surface area contributed by atoms with Crippen LogP contribution >= 0.6 is 0 Å². The number of likely N-dealkylation sites (tertiary alicyclic amines) is 1. The maximum atomic E-state index is 12.8. The van der Waals surface area contributed by atoms with Crippen molar-refractivity contribution in [2.45, 2.75) is 51.9 Å². The molecule has 2 aliphatic heterocycles. The summed E-state index contributed by atoms with van der Waals surface area (Å²) in [6, 6.07) is 0. The van der Waals surface area contributed by atoms with Crippen molar-refractivity contribution in [2.75, 3.05) is 45.9 Å². The first-order valence-electron chi connectivity index (χ1n) is 10.6. The number of amides is 3. The van der Waals surface area contributed by atoms with Crippen LogP contribution in [0.1, 0.15) is 51.9 Å². The van der Waals surface area contributed by atoms with E-state index in [9.17, 15) is 14.4 Å². The van der Waals surface area contributed by atoms with Gasteiger partial charge in [-0.1, -0.05) is 0 Å². The van der Waals surface area contributed by atoms with E-state index >= 15 is 0 Å². The van der Waals surface area contributed by atoms with Crippen LogP contribution in [0, 0.1) is 11.8 Å². The summed E-state index contributed by atoms with van der Waals surface area (Å²) in [7, 11) is 0. The quantitative estimate of drug-likeness (QED) is 0.753. The molecule has 0 aromatic heterocycles. The molecule has 0 spiro atoms. The fraction of sp³-hybridized carbons (Fsp3) is 0.850. The molecule has 7 heteroatoms. The average Bonchev–Trinajstić information content (AvgIpc) is 2.74. The molecule has 3 rings (SSSR count). The van der Waals surface area contributed by atoms with E-state index in [2.05, 4.69) is 0 Å². The maximum absolute atomic E-state index is 12.8. The highest BCUT2D eigenvalue weighted by Crippen LogP contribution is 2.32. The summed E-state index contributed by atoms with van der Waals surface area (Å²) in [5, 5.41) is 0. The Balaban J connectivity index is 1.42. The average molecular weight is 380 g/mol. The van der Waals surface area contributed by atoms with Crippen LogP contribution < -0.4 is 0 Å². The highest BCUT2D eigenvalue weighted by atomic mass is 16.6. The van der Waals surface area contributed by atoms with E-state index in [1.54, 1.807) is 11.8 Å². The van der Waals surface area contributed by atoms with Gasteiger partial charge >= 0.3 is 6.09 Å². The van der Waals surface area contributed by atoms with Gasteiger partial charge in [0.05, 0.1) is 6.61 Å². The first kappa shape index (κ1) is 20.0. The third kappa shape index (κ3) is 4.93. The van der Waals surface area contributed by atoms with E-state index in [-0.39, 0.29) is 23.8 Å². The predicted octanol–water partition coefficient (Wildman–Crippen LogP) is 2.11. The van der Waals surface area contributed by atoms with Crippen LogP contribution in [0.3, 0.4) is 0 Å². The fourth-order valence-electron chi connectivity index (χ4n) is 4.54. The summed E-state index contributed by atoms with van der Waals surface area (Å²) in [6.07, 6.45) is 6.45. The van der Waals surface area contributed by atoms with E-state index in [1.165, 1.54) is 6.42 Å². The Hall–Kier alpha value is -1.79. The second-order valence-corrected chi connectivity index (χ2v) is 7.95. The third-order valence-corrected chi connectivity index (χ3v) is 6.21. The third-order valence-electron chi connectivity index (χ3n) is 6.21. The first-order chi connectivity index (χ1) is 13.1. The molecule has 2 saturated heterocycles. The molecule has 0 N–H and O–H groups in total. The summed E-state index contributed by atoms with van der Waals surface area (Å²) in [5.41, 5.74) is 0. The van der Waals surface area contributed by atoms with E-state index in [0.29, 0.717) is 38.7 Å². The molecule has 1 aliphatic carbocycles. The van der Waals surface area contributed by atoms with Crippen molar-refractivity contribution in [3.8, 4) is 0 Å². The van der Waals surface area contributed by atoms with Gasteiger partial charge in [0.25, 0.3) is 0 Å². The van der Waals surface area contributed by atoms with Gasteiger partial charge in [0.1, 0.15) is 0 Å². The van der Waals surface area contributed by atoms with Crippen LogP contribution in [-0.4, -0.2) is 78.5 Å². The van der Waals surface area contributed by atoms with Crippen molar-refractivity contribution in [3.05, 3.63) is 0 Å². The van der Waals surface area contributed by atoms with Gasteiger partial charge in [-0.25, -0.2) is 4.79 Å². The summed E-state index contributed by atoms with van der Waals surface area (Å²) < 4.78 is 5.03. The molecule has 3 amide bonds. The highest BCUT2D eigenvalue weighted by molar-refractivity contribution is 5.81. The number of ether oxygens (including phenoxy) is 1. The first-order valence-corrected chi connectivity index (χ1v) is 10.6. The monoisotopic (exact) mass is 379 g/mol. The molecule has 0 unspecified atom stereocenters. The van der Waals surface area contributed by atoms with Gasteiger partial charge in [0.2, 0.25) is 11.8 Å². The largest absolute Gasteiger partial charge is 0.450 e. The molecular formula is C20H33N3O4. The smallest absolute Gasteiger partial charge is 0.409 e. The topological polar surface area (TPSA) is 70.2 Å². The summed E-state index contributed by atoms with van der Waals surface area (Å²) in [6.45, 7) is 6.20. The Morgan fingerprint density at radius 2 is 1.15 bits per heavy atom. The van der Waals surface area contributed by atoms with Crippen molar-refractivity contribution in [1.29, 1.82) is 0 Å². The van der Waals surface area contributed by atoms with E-state index in [1.807, 2.05) is 9.80 Å². The zero-order chi connectivity index (χ0) is 19.2. The number of hydrogen-bond donors (Lipinski definition) is 0. The van der Waals surface area contributed by atoms with Gasteiger partial charge in [0.15, 0.2) is 0 Å². The number of hydrogen-bond acceptors (Lipinski definition) is 4. The maximum Gasteiger partial charge on any atom is 0.409 e. The van der Waals surface area contributed by atoms with Crippen molar-refractivity contribution in [2.24, 2.45) is 11.8 Å². The number of piperidine rings is 1. The predicted molar refractivity (Wildman–Crippen MR) is 101 cm³/mol. The van der Waals surface area contributed by atoms with Crippen molar-refractivity contribution < 1.29 is 19.1 Å². The second kappa shape index (κ2) is 9.42. The molecule has 3 aliphatic rings. The molecule has 7 nitrogen and oxygen atoms in total. The summed E-state index contributed by atoms with van der Waals surface area (Å²) in [5.74, 6) is 0.642. The highest BCUT2D eigenvalue weighted by Gasteiger charge is 2.35. The Morgan fingerprint density at radius 1 is 0.704 bits per heavy atom. The lowest BCUT2D eigenvalue weighted by molar-refractivity contribution is -0.142. The van der Waals surface area contributed by atoms with E-state index in [4.69, 9.17) is 4.74 Å². The molecule has 1 saturated carbocycles. The zero-order valence-corrected chi connectivity index (χ0v) is 16.5. The fourth-order valence-corrected chi connectivity index (χ4v) is 4.54. The Labute approximate surface area is 162 Å². The lowest BCUT2D eigenvalue weighted by Crippen LogP contribution is -2.52. The Morgan fingerprint density at radius 3 is 1.63 bits per heavy atom. The van der Waals surface area contributed by atoms with Gasteiger partial charge in [-0.3, -0.25) is 9.59 Å². The van der Waals surface area contributed by atoms with Crippen LogP contribution in [0.15, 0.2) is 0 Å². The van der Waals surface area contributed by atoms with Gasteiger partial charge < -0.3 is 19.4 Å². The summed E-state index contributed by atoms with van der Waals surface area (Å²) in [4.78, 5) is 42.8. The van der Waals surface area contributed by atoms with Crippen LogP contribution in [0.25, 0.3) is 0 Å². The molecule has 2 heterocycles. The zero-order valence-electron chi connectivity index (χ0n) is 16.5. The van der Waals surface area contributed by atoms with Crippen molar-refractivity contribution >= 4 is 17.9 Å². The van der Waals surface area contributed by atoms with Crippen LogP contribution in [-0.2, 0) is 14.3 Å². The lowest BCUT2D eigenvalue weighted by Gasteiger charge is -2.38. The SMILES string of the molecule is CCOC(=O)N1CCN(C(=O)C2CCC(C(=O)N3CCCCC3)CC2)CC1. The number of rotatable bonds is 3. The number of nitrogens with zero attached hydrogens (tertiary/aromatic N) is 3. The van der Waals surface area contributed by atoms with Crippen molar-refractivity contribution in [3.63, 3.8) is 0 Å². The standard InChI is InChI=1S/C20H33N3O4/c1-2-27-20(26)23-14-12-22(13-15-23)19(25)17-8-6-16(7-9-17)18(24)21-10-4-3-5-11-21/h16-17H,2-15H2,1H3. The molecular weight excluding hydrogens is 346 g/mol. The Kier molecular flexibility index (Phi) is 6.96. The molecule has 0 atom stereocenters. The minimum absolute atomic E-state index is 0.0320.